The lowest BCUT2D eigenvalue weighted by Gasteiger charge is -2.14. The van der Waals surface area contributed by atoms with E-state index < -0.39 is 0 Å². The van der Waals surface area contributed by atoms with Crippen molar-refractivity contribution >= 4 is 23.2 Å². The van der Waals surface area contributed by atoms with Crippen LogP contribution in [-0.4, -0.2) is 19.5 Å². The molecule has 1 unspecified atom stereocenters. The van der Waals surface area contributed by atoms with Crippen molar-refractivity contribution in [2.45, 2.75) is 20.4 Å². The van der Waals surface area contributed by atoms with Gasteiger partial charge in [0.1, 0.15) is 6.54 Å². The molecule has 0 radical (unpaired) electrons. The summed E-state index contributed by atoms with van der Waals surface area (Å²) < 4.78 is 0. The van der Waals surface area contributed by atoms with Crippen LogP contribution in [0.3, 0.4) is 0 Å². The first-order valence-electron chi connectivity index (χ1n) is 7.36. The number of likely N-dealkylation sites (N-methyl/N-ethyl adjacent to an activating group) is 1. The van der Waals surface area contributed by atoms with E-state index in [0.717, 1.165) is 33.3 Å². The molecule has 3 nitrogen and oxygen atoms in total. The lowest BCUT2D eigenvalue weighted by atomic mass is 10.1. The number of halogens is 1. The fourth-order valence-electron chi connectivity index (χ4n) is 2.54. The van der Waals surface area contributed by atoms with Crippen molar-refractivity contribution in [3.05, 3.63) is 64.2 Å². The van der Waals surface area contributed by atoms with Gasteiger partial charge in [0.15, 0.2) is 6.54 Å². The van der Waals surface area contributed by atoms with Crippen LogP contribution in [-0.2, 0) is 11.3 Å². The molecule has 4 heteroatoms. The lowest BCUT2D eigenvalue weighted by molar-refractivity contribution is -0.885. The van der Waals surface area contributed by atoms with E-state index in [0.29, 0.717) is 6.54 Å². The Kier molecular flexibility index (Phi) is 5.58. The van der Waals surface area contributed by atoms with E-state index >= 15 is 0 Å². The molecular weight excluding hydrogens is 296 g/mol. The zero-order valence-corrected chi connectivity index (χ0v) is 14.0. The average Bonchev–Trinajstić information content (AvgIpc) is 2.39. The number of hydrogen-bond donors (Lipinski definition) is 2. The number of carbonyl (C=O) groups is 1. The van der Waals surface area contributed by atoms with Crippen molar-refractivity contribution in [1.29, 1.82) is 0 Å². The van der Waals surface area contributed by atoms with Gasteiger partial charge in [0.05, 0.1) is 7.05 Å². The third kappa shape index (κ3) is 5.17. The van der Waals surface area contributed by atoms with Crippen LogP contribution in [0.1, 0.15) is 16.7 Å². The number of benzene rings is 2. The highest BCUT2D eigenvalue weighted by atomic mass is 35.5. The number of rotatable bonds is 5. The van der Waals surface area contributed by atoms with E-state index in [2.05, 4.69) is 11.4 Å². The summed E-state index contributed by atoms with van der Waals surface area (Å²) >= 11 is 5.88. The van der Waals surface area contributed by atoms with Gasteiger partial charge in [-0.1, -0.05) is 29.8 Å². The molecule has 0 fully saturated rings. The van der Waals surface area contributed by atoms with E-state index in [1.807, 2.05) is 57.3 Å². The Morgan fingerprint density at radius 1 is 1.09 bits per heavy atom. The molecular formula is C18H22ClN2O+. The van der Waals surface area contributed by atoms with Crippen LogP contribution in [0.25, 0.3) is 0 Å². The van der Waals surface area contributed by atoms with Gasteiger partial charge >= 0.3 is 0 Å². The molecule has 1 atom stereocenters. The fraction of sp³-hybridized carbons (Fsp3) is 0.278. The first-order chi connectivity index (χ1) is 10.4. The first-order valence-corrected chi connectivity index (χ1v) is 7.74. The van der Waals surface area contributed by atoms with E-state index in [-0.39, 0.29) is 5.91 Å². The molecule has 2 rings (SSSR count). The molecule has 0 aromatic heterocycles. The summed E-state index contributed by atoms with van der Waals surface area (Å²) in [6.45, 7) is 5.27. The molecule has 0 heterocycles. The second kappa shape index (κ2) is 7.43. The molecule has 0 aliphatic rings. The van der Waals surface area contributed by atoms with Gasteiger partial charge < -0.3 is 10.2 Å². The first kappa shape index (κ1) is 16.5. The Hall–Kier alpha value is -1.84. The van der Waals surface area contributed by atoms with E-state index in [4.69, 9.17) is 11.6 Å². The molecule has 0 bridgehead atoms. The monoisotopic (exact) mass is 317 g/mol. The van der Waals surface area contributed by atoms with Crippen LogP contribution in [0.15, 0.2) is 42.5 Å². The molecule has 22 heavy (non-hydrogen) atoms. The van der Waals surface area contributed by atoms with Crippen LogP contribution in [0.5, 0.6) is 0 Å². The summed E-state index contributed by atoms with van der Waals surface area (Å²) in [6, 6.07) is 13.8. The molecule has 0 aliphatic heterocycles. The van der Waals surface area contributed by atoms with Crippen molar-refractivity contribution in [2.24, 2.45) is 0 Å². The predicted octanol–water partition coefficient (Wildman–Crippen LogP) is 2.61. The van der Waals surface area contributed by atoms with Crippen molar-refractivity contribution in [3.8, 4) is 0 Å². The molecule has 2 N–H and O–H groups in total. The molecule has 1 amide bonds. The molecule has 2 aromatic rings. The summed E-state index contributed by atoms with van der Waals surface area (Å²) in [5, 5.41) is 3.70. The van der Waals surface area contributed by atoms with E-state index in [9.17, 15) is 4.79 Å². The Morgan fingerprint density at radius 2 is 1.68 bits per heavy atom. The Morgan fingerprint density at radius 3 is 2.27 bits per heavy atom. The average molecular weight is 318 g/mol. The Bertz CT molecular complexity index is 632. The largest absolute Gasteiger partial charge is 0.326 e. The summed E-state index contributed by atoms with van der Waals surface area (Å²) in [6.07, 6.45) is 0. The van der Waals surface area contributed by atoms with E-state index in [1.54, 1.807) is 0 Å². The SMILES string of the molecule is Cc1cc(C)cc(NC(=O)C[NH+](C)Cc2ccc(Cl)cc2)c1. The van der Waals surface area contributed by atoms with Crippen LogP contribution in [0.2, 0.25) is 5.02 Å². The second-order valence-electron chi connectivity index (χ2n) is 5.86. The number of aryl methyl sites for hydroxylation is 2. The highest BCUT2D eigenvalue weighted by molar-refractivity contribution is 6.30. The van der Waals surface area contributed by atoms with Gasteiger partial charge in [0.2, 0.25) is 0 Å². The minimum absolute atomic E-state index is 0.0245. The van der Waals surface area contributed by atoms with Gasteiger partial charge in [-0.15, -0.1) is 0 Å². The molecule has 0 saturated heterocycles. The van der Waals surface area contributed by atoms with Gasteiger partial charge in [-0.3, -0.25) is 4.79 Å². The standard InChI is InChI=1S/C18H21ClN2O/c1-13-8-14(2)10-17(9-13)20-18(22)12-21(3)11-15-4-6-16(19)7-5-15/h4-10H,11-12H2,1-3H3,(H,20,22)/p+1. The number of hydrogen-bond acceptors (Lipinski definition) is 1. The fourth-order valence-corrected chi connectivity index (χ4v) is 2.67. The van der Waals surface area contributed by atoms with Gasteiger partial charge in [0.25, 0.3) is 5.91 Å². The van der Waals surface area contributed by atoms with Crippen molar-refractivity contribution in [1.82, 2.24) is 0 Å². The summed E-state index contributed by atoms with van der Waals surface area (Å²) in [5.74, 6) is 0.0245. The van der Waals surface area contributed by atoms with Crippen LogP contribution >= 0.6 is 11.6 Å². The normalized spacial score (nSPS) is 12.0. The smallest absolute Gasteiger partial charge is 0.279 e. The summed E-state index contributed by atoms with van der Waals surface area (Å²) in [4.78, 5) is 13.3. The molecule has 2 aromatic carbocycles. The topological polar surface area (TPSA) is 33.5 Å². The van der Waals surface area contributed by atoms with Gasteiger partial charge in [-0.05, 0) is 49.2 Å². The highest BCUT2D eigenvalue weighted by Gasteiger charge is 2.11. The number of quaternary nitrogens is 1. The molecule has 0 spiro atoms. The minimum Gasteiger partial charge on any atom is -0.326 e. The highest BCUT2D eigenvalue weighted by Crippen LogP contribution is 2.13. The van der Waals surface area contributed by atoms with Crippen LogP contribution < -0.4 is 10.2 Å². The van der Waals surface area contributed by atoms with Gasteiger partial charge in [-0.2, -0.15) is 0 Å². The molecule has 0 saturated carbocycles. The minimum atomic E-state index is 0.0245. The van der Waals surface area contributed by atoms with Crippen LogP contribution in [0, 0.1) is 13.8 Å². The van der Waals surface area contributed by atoms with E-state index in [1.165, 1.54) is 5.56 Å². The zero-order chi connectivity index (χ0) is 16.1. The van der Waals surface area contributed by atoms with Gasteiger partial charge in [0, 0.05) is 16.3 Å². The van der Waals surface area contributed by atoms with Gasteiger partial charge in [-0.25, -0.2) is 0 Å². The maximum Gasteiger partial charge on any atom is 0.279 e. The number of amides is 1. The van der Waals surface area contributed by atoms with Crippen molar-refractivity contribution in [3.63, 3.8) is 0 Å². The number of anilines is 1. The van der Waals surface area contributed by atoms with Crippen molar-refractivity contribution < 1.29 is 9.69 Å². The summed E-state index contributed by atoms with van der Waals surface area (Å²) in [5.41, 5.74) is 4.33. The molecule has 116 valence electrons. The van der Waals surface area contributed by atoms with Crippen LogP contribution in [0.4, 0.5) is 5.69 Å². The van der Waals surface area contributed by atoms with Crippen molar-refractivity contribution in [2.75, 3.05) is 18.9 Å². The maximum atomic E-state index is 12.1. The lowest BCUT2D eigenvalue weighted by Crippen LogP contribution is -3.08. The quantitative estimate of drug-likeness (QED) is 0.873. The molecule has 0 aliphatic carbocycles. The maximum absolute atomic E-state index is 12.1. The number of carbonyl (C=O) groups excluding carboxylic acids is 1. The zero-order valence-electron chi connectivity index (χ0n) is 13.2. The second-order valence-corrected chi connectivity index (χ2v) is 6.30. The third-order valence-electron chi connectivity index (χ3n) is 3.39. The third-order valence-corrected chi connectivity index (χ3v) is 3.64. The summed E-state index contributed by atoms with van der Waals surface area (Å²) in [7, 11) is 2.01. The predicted molar refractivity (Wildman–Crippen MR) is 91.5 cm³/mol. The Labute approximate surface area is 136 Å². The Balaban J connectivity index is 1.89. The number of nitrogens with one attached hydrogen (secondary N) is 2.